The number of anilines is 1. The van der Waals surface area contributed by atoms with Crippen molar-refractivity contribution in [3.05, 3.63) is 65.2 Å². The number of nitrogens with zero attached hydrogens (tertiary/aromatic N) is 2. The van der Waals surface area contributed by atoms with Crippen LogP contribution in [-0.4, -0.2) is 7.05 Å². The van der Waals surface area contributed by atoms with Gasteiger partial charge in [-0.05, 0) is 29.7 Å². The van der Waals surface area contributed by atoms with Crippen LogP contribution in [0.4, 0.5) is 5.69 Å². The molecule has 2 atom stereocenters. The molecule has 0 saturated carbocycles. The standard InChI is InChI=1S/C17H17N3/c1-20(16-9-5-2-6-12(16)11-18)17-10-15(19)13-7-3-4-8-14(13)17/h2-9,15,17H,10,19H2,1H3. The summed E-state index contributed by atoms with van der Waals surface area (Å²) in [6, 6.07) is 18.6. The lowest BCUT2D eigenvalue weighted by Gasteiger charge is -2.28. The molecule has 3 rings (SSSR count). The summed E-state index contributed by atoms with van der Waals surface area (Å²) in [5.74, 6) is 0. The molecule has 0 bridgehead atoms. The van der Waals surface area contributed by atoms with E-state index in [-0.39, 0.29) is 12.1 Å². The van der Waals surface area contributed by atoms with Gasteiger partial charge in [-0.3, -0.25) is 0 Å². The molecule has 1 aliphatic rings. The van der Waals surface area contributed by atoms with Gasteiger partial charge in [0.2, 0.25) is 0 Å². The van der Waals surface area contributed by atoms with Crippen molar-refractivity contribution in [2.75, 3.05) is 11.9 Å². The van der Waals surface area contributed by atoms with E-state index < -0.39 is 0 Å². The van der Waals surface area contributed by atoms with Crippen molar-refractivity contribution < 1.29 is 0 Å². The first-order valence-corrected chi connectivity index (χ1v) is 6.78. The fraction of sp³-hybridized carbons (Fsp3) is 0.235. The molecule has 2 aromatic rings. The highest BCUT2D eigenvalue weighted by Gasteiger charge is 2.31. The molecule has 100 valence electrons. The monoisotopic (exact) mass is 263 g/mol. The smallest absolute Gasteiger partial charge is 0.101 e. The summed E-state index contributed by atoms with van der Waals surface area (Å²) < 4.78 is 0. The number of nitrogens with two attached hydrogens (primary N) is 1. The molecule has 2 aromatic carbocycles. The molecule has 3 heteroatoms. The van der Waals surface area contributed by atoms with Gasteiger partial charge in [0.25, 0.3) is 0 Å². The van der Waals surface area contributed by atoms with E-state index in [0.717, 1.165) is 12.1 Å². The Bertz CT molecular complexity index is 672. The first-order chi connectivity index (χ1) is 9.72. The van der Waals surface area contributed by atoms with E-state index >= 15 is 0 Å². The molecule has 2 N–H and O–H groups in total. The maximum Gasteiger partial charge on any atom is 0.101 e. The Labute approximate surface area is 119 Å². The van der Waals surface area contributed by atoms with E-state index in [1.807, 2.05) is 43.4 Å². The van der Waals surface area contributed by atoms with Crippen LogP contribution in [0.3, 0.4) is 0 Å². The molecule has 0 fully saturated rings. The highest BCUT2D eigenvalue weighted by atomic mass is 15.1. The van der Waals surface area contributed by atoms with Crippen molar-refractivity contribution >= 4 is 5.69 Å². The number of fused-ring (bicyclic) bond motifs is 1. The Balaban J connectivity index is 2.01. The fourth-order valence-electron chi connectivity index (χ4n) is 3.06. The number of nitriles is 1. The van der Waals surface area contributed by atoms with Gasteiger partial charge in [0.05, 0.1) is 17.3 Å². The number of para-hydroxylation sites is 1. The van der Waals surface area contributed by atoms with Gasteiger partial charge in [-0.2, -0.15) is 5.26 Å². The predicted molar refractivity (Wildman–Crippen MR) is 80.3 cm³/mol. The summed E-state index contributed by atoms with van der Waals surface area (Å²) in [4.78, 5) is 2.17. The lowest BCUT2D eigenvalue weighted by molar-refractivity contribution is 0.593. The molecule has 0 radical (unpaired) electrons. The Morgan fingerprint density at radius 2 is 1.75 bits per heavy atom. The van der Waals surface area contributed by atoms with Crippen molar-refractivity contribution in [3.8, 4) is 6.07 Å². The van der Waals surface area contributed by atoms with Crippen LogP contribution in [0.25, 0.3) is 0 Å². The molecular formula is C17H17N3. The third-order valence-electron chi connectivity index (χ3n) is 4.10. The third-order valence-corrected chi connectivity index (χ3v) is 4.10. The Kier molecular flexibility index (Phi) is 3.17. The van der Waals surface area contributed by atoms with Gasteiger partial charge in [-0.1, -0.05) is 36.4 Å². The van der Waals surface area contributed by atoms with Crippen LogP contribution in [-0.2, 0) is 0 Å². The van der Waals surface area contributed by atoms with Crippen molar-refractivity contribution in [1.82, 2.24) is 0 Å². The molecule has 0 aliphatic heterocycles. The summed E-state index contributed by atoms with van der Waals surface area (Å²) >= 11 is 0. The molecule has 0 amide bonds. The van der Waals surface area contributed by atoms with Crippen LogP contribution < -0.4 is 10.6 Å². The minimum absolute atomic E-state index is 0.0768. The van der Waals surface area contributed by atoms with Gasteiger partial charge in [-0.15, -0.1) is 0 Å². The molecule has 2 unspecified atom stereocenters. The zero-order chi connectivity index (χ0) is 14.1. The lowest BCUT2D eigenvalue weighted by Crippen LogP contribution is -2.23. The topological polar surface area (TPSA) is 53.0 Å². The minimum Gasteiger partial charge on any atom is -0.366 e. The zero-order valence-corrected chi connectivity index (χ0v) is 11.5. The average molecular weight is 263 g/mol. The third kappa shape index (κ3) is 1.95. The van der Waals surface area contributed by atoms with E-state index in [2.05, 4.69) is 23.1 Å². The van der Waals surface area contributed by atoms with Crippen LogP contribution in [0.5, 0.6) is 0 Å². The largest absolute Gasteiger partial charge is 0.366 e. The molecule has 0 spiro atoms. The molecular weight excluding hydrogens is 246 g/mol. The van der Waals surface area contributed by atoms with Gasteiger partial charge in [0.1, 0.15) is 6.07 Å². The summed E-state index contributed by atoms with van der Waals surface area (Å²) in [7, 11) is 2.04. The second kappa shape index (κ2) is 4.99. The van der Waals surface area contributed by atoms with Crippen molar-refractivity contribution in [2.24, 2.45) is 5.73 Å². The second-order valence-electron chi connectivity index (χ2n) is 5.23. The minimum atomic E-state index is 0.0768. The van der Waals surface area contributed by atoms with Gasteiger partial charge in [0, 0.05) is 13.1 Å². The van der Waals surface area contributed by atoms with Crippen LogP contribution in [0.2, 0.25) is 0 Å². The SMILES string of the molecule is CN(c1ccccc1C#N)C1CC(N)c2ccccc21. The Morgan fingerprint density at radius 3 is 2.50 bits per heavy atom. The summed E-state index contributed by atoms with van der Waals surface area (Å²) in [5.41, 5.74) is 10.4. The van der Waals surface area contributed by atoms with Crippen LogP contribution in [0.15, 0.2) is 48.5 Å². The number of rotatable bonds is 2. The summed E-state index contributed by atoms with van der Waals surface area (Å²) in [5, 5.41) is 9.26. The molecule has 0 aromatic heterocycles. The normalized spacial score (nSPS) is 20.2. The molecule has 3 nitrogen and oxygen atoms in total. The lowest BCUT2D eigenvalue weighted by atomic mass is 10.1. The van der Waals surface area contributed by atoms with Gasteiger partial charge < -0.3 is 10.6 Å². The van der Waals surface area contributed by atoms with Crippen LogP contribution in [0, 0.1) is 11.3 Å². The maximum absolute atomic E-state index is 9.26. The van der Waals surface area contributed by atoms with E-state index in [9.17, 15) is 5.26 Å². The van der Waals surface area contributed by atoms with Crippen LogP contribution in [0.1, 0.15) is 35.2 Å². The zero-order valence-electron chi connectivity index (χ0n) is 11.5. The van der Waals surface area contributed by atoms with Crippen molar-refractivity contribution in [1.29, 1.82) is 5.26 Å². The quantitative estimate of drug-likeness (QED) is 0.905. The fourth-order valence-corrected chi connectivity index (χ4v) is 3.06. The molecule has 0 heterocycles. The number of benzene rings is 2. The average Bonchev–Trinajstić information content (AvgIpc) is 2.84. The van der Waals surface area contributed by atoms with E-state index in [1.165, 1.54) is 11.1 Å². The Morgan fingerprint density at radius 1 is 1.10 bits per heavy atom. The number of hydrogen-bond acceptors (Lipinski definition) is 3. The van der Waals surface area contributed by atoms with Crippen molar-refractivity contribution in [3.63, 3.8) is 0 Å². The van der Waals surface area contributed by atoms with Gasteiger partial charge in [0.15, 0.2) is 0 Å². The van der Waals surface area contributed by atoms with Gasteiger partial charge >= 0.3 is 0 Å². The summed E-state index contributed by atoms with van der Waals surface area (Å²) in [6.45, 7) is 0. The predicted octanol–water partition coefficient (Wildman–Crippen LogP) is 3.14. The van der Waals surface area contributed by atoms with Gasteiger partial charge in [-0.25, -0.2) is 0 Å². The van der Waals surface area contributed by atoms with Crippen LogP contribution >= 0.6 is 0 Å². The highest BCUT2D eigenvalue weighted by Crippen LogP contribution is 2.42. The first-order valence-electron chi connectivity index (χ1n) is 6.78. The van der Waals surface area contributed by atoms with E-state index in [1.54, 1.807) is 0 Å². The highest BCUT2D eigenvalue weighted by molar-refractivity contribution is 5.61. The van der Waals surface area contributed by atoms with Crippen molar-refractivity contribution in [2.45, 2.75) is 18.5 Å². The number of hydrogen-bond donors (Lipinski definition) is 1. The molecule has 1 aliphatic carbocycles. The second-order valence-corrected chi connectivity index (χ2v) is 5.23. The maximum atomic E-state index is 9.26. The van der Waals surface area contributed by atoms with E-state index in [0.29, 0.717) is 5.56 Å². The first kappa shape index (κ1) is 12.7. The molecule has 0 saturated heterocycles. The van der Waals surface area contributed by atoms with E-state index in [4.69, 9.17) is 5.73 Å². The summed E-state index contributed by atoms with van der Waals surface area (Å²) in [6.07, 6.45) is 0.885. The molecule has 20 heavy (non-hydrogen) atoms. The Hall–Kier alpha value is -2.31.